The maximum Gasteiger partial charge on any atom is 0.137 e. The van der Waals surface area contributed by atoms with Crippen molar-refractivity contribution in [1.29, 1.82) is 0 Å². The lowest BCUT2D eigenvalue weighted by Crippen LogP contribution is -2.03. The second kappa shape index (κ2) is 4.67. The van der Waals surface area contributed by atoms with Gasteiger partial charge in [0, 0.05) is 24.2 Å². The van der Waals surface area contributed by atoms with E-state index in [9.17, 15) is 5.11 Å². The first-order valence-corrected chi connectivity index (χ1v) is 4.74. The molecule has 0 saturated heterocycles. The zero-order valence-corrected chi connectivity index (χ0v) is 8.74. The van der Waals surface area contributed by atoms with Gasteiger partial charge in [-0.3, -0.25) is 15.0 Å². The molecule has 2 aromatic rings. The standard InChI is InChI=1S/C11H11N3O2/c1-16-9-4-8(5-13-6-9)11(15)10-7-12-2-3-14-10/h2-7,11,15H,1H3. The molecule has 0 spiro atoms. The van der Waals surface area contributed by atoms with Crippen molar-refractivity contribution in [1.82, 2.24) is 15.0 Å². The van der Waals surface area contributed by atoms with Crippen LogP contribution >= 0.6 is 0 Å². The zero-order chi connectivity index (χ0) is 11.4. The summed E-state index contributed by atoms with van der Waals surface area (Å²) in [5.41, 5.74) is 1.11. The third-order valence-electron chi connectivity index (χ3n) is 2.15. The summed E-state index contributed by atoms with van der Waals surface area (Å²) in [5, 5.41) is 10.0. The van der Waals surface area contributed by atoms with Gasteiger partial charge in [-0.25, -0.2) is 0 Å². The van der Waals surface area contributed by atoms with Crippen molar-refractivity contribution in [3.63, 3.8) is 0 Å². The van der Waals surface area contributed by atoms with Crippen LogP contribution in [-0.2, 0) is 0 Å². The third kappa shape index (κ3) is 2.14. The Morgan fingerprint density at radius 1 is 1.19 bits per heavy atom. The van der Waals surface area contributed by atoms with E-state index in [1.165, 1.54) is 12.4 Å². The molecule has 0 aliphatic rings. The Bertz CT molecular complexity index is 462. The second-order valence-corrected chi connectivity index (χ2v) is 3.19. The van der Waals surface area contributed by atoms with Gasteiger partial charge in [0.05, 0.1) is 25.2 Å². The number of hydrogen-bond donors (Lipinski definition) is 1. The van der Waals surface area contributed by atoms with Crippen LogP contribution in [0.5, 0.6) is 5.75 Å². The van der Waals surface area contributed by atoms with E-state index < -0.39 is 6.10 Å². The molecule has 2 heterocycles. The molecule has 0 radical (unpaired) electrons. The van der Waals surface area contributed by atoms with Crippen molar-refractivity contribution in [2.45, 2.75) is 6.10 Å². The maximum absolute atomic E-state index is 10.0. The molecule has 1 N–H and O–H groups in total. The van der Waals surface area contributed by atoms with Gasteiger partial charge in [-0.05, 0) is 6.07 Å². The predicted octanol–water partition coefficient (Wildman–Crippen LogP) is 0.962. The highest BCUT2D eigenvalue weighted by molar-refractivity contribution is 5.28. The Kier molecular flexibility index (Phi) is 3.07. The van der Waals surface area contributed by atoms with Gasteiger partial charge in [0.25, 0.3) is 0 Å². The zero-order valence-electron chi connectivity index (χ0n) is 8.74. The lowest BCUT2D eigenvalue weighted by molar-refractivity contribution is 0.214. The summed E-state index contributed by atoms with van der Waals surface area (Å²) in [4.78, 5) is 11.9. The largest absolute Gasteiger partial charge is 0.495 e. The van der Waals surface area contributed by atoms with Crippen LogP contribution in [0, 0.1) is 0 Å². The van der Waals surface area contributed by atoms with Crippen molar-refractivity contribution >= 4 is 0 Å². The number of aromatic nitrogens is 3. The monoisotopic (exact) mass is 217 g/mol. The highest BCUT2D eigenvalue weighted by Crippen LogP contribution is 2.21. The molecule has 0 aliphatic heterocycles. The van der Waals surface area contributed by atoms with Crippen molar-refractivity contribution in [3.8, 4) is 5.75 Å². The van der Waals surface area contributed by atoms with Crippen LogP contribution in [-0.4, -0.2) is 27.2 Å². The Morgan fingerprint density at radius 2 is 2.06 bits per heavy atom. The van der Waals surface area contributed by atoms with Crippen LogP contribution < -0.4 is 4.74 Å². The molecule has 0 bridgehead atoms. The first-order chi connectivity index (χ1) is 7.81. The predicted molar refractivity (Wildman–Crippen MR) is 56.9 cm³/mol. The number of hydrogen-bond acceptors (Lipinski definition) is 5. The maximum atomic E-state index is 10.0. The van der Waals surface area contributed by atoms with Crippen LogP contribution in [0.3, 0.4) is 0 Å². The molecule has 1 unspecified atom stereocenters. The second-order valence-electron chi connectivity index (χ2n) is 3.19. The van der Waals surface area contributed by atoms with Crippen LogP contribution in [0.1, 0.15) is 17.4 Å². The van der Waals surface area contributed by atoms with Crippen LogP contribution in [0.15, 0.2) is 37.1 Å². The van der Waals surface area contributed by atoms with Crippen molar-refractivity contribution in [2.24, 2.45) is 0 Å². The molecule has 0 aliphatic carbocycles. The van der Waals surface area contributed by atoms with E-state index in [2.05, 4.69) is 15.0 Å². The van der Waals surface area contributed by atoms with Gasteiger partial charge in [-0.15, -0.1) is 0 Å². The van der Waals surface area contributed by atoms with Gasteiger partial charge in [0.1, 0.15) is 11.9 Å². The fourth-order valence-corrected chi connectivity index (χ4v) is 1.32. The molecule has 16 heavy (non-hydrogen) atoms. The topological polar surface area (TPSA) is 68.1 Å². The molecule has 82 valence electrons. The molecule has 1 atom stereocenters. The molecule has 0 saturated carbocycles. The number of aliphatic hydroxyl groups excluding tert-OH is 1. The highest BCUT2D eigenvalue weighted by atomic mass is 16.5. The van der Waals surface area contributed by atoms with Gasteiger partial charge in [0.2, 0.25) is 0 Å². The first kappa shape index (κ1) is 10.5. The van der Waals surface area contributed by atoms with E-state index in [1.807, 2.05) is 0 Å². The Labute approximate surface area is 92.8 Å². The van der Waals surface area contributed by atoms with Gasteiger partial charge in [-0.1, -0.05) is 0 Å². The third-order valence-corrected chi connectivity index (χ3v) is 2.15. The van der Waals surface area contributed by atoms with Gasteiger partial charge < -0.3 is 9.84 Å². The first-order valence-electron chi connectivity index (χ1n) is 4.74. The molecule has 2 rings (SSSR count). The summed E-state index contributed by atoms with van der Waals surface area (Å²) in [6.07, 6.45) is 6.92. The summed E-state index contributed by atoms with van der Waals surface area (Å²) in [7, 11) is 1.55. The molecule has 2 aromatic heterocycles. The van der Waals surface area contributed by atoms with E-state index >= 15 is 0 Å². The molecule has 0 aromatic carbocycles. The molecule has 5 nitrogen and oxygen atoms in total. The number of pyridine rings is 1. The summed E-state index contributed by atoms with van der Waals surface area (Å²) in [6.45, 7) is 0. The van der Waals surface area contributed by atoms with Crippen LogP contribution in [0.4, 0.5) is 0 Å². The minimum absolute atomic E-state index is 0.484. The number of aliphatic hydroxyl groups is 1. The smallest absolute Gasteiger partial charge is 0.137 e. The van der Waals surface area contributed by atoms with Crippen LogP contribution in [0.2, 0.25) is 0 Å². The van der Waals surface area contributed by atoms with Crippen molar-refractivity contribution < 1.29 is 9.84 Å². The lowest BCUT2D eigenvalue weighted by Gasteiger charge is -2.10. The molecule has 0 fully saturated rings. The Morgan fingerprint density at radius 3 is 2.75 bits per heavy atom. The van der Waals surface area contributed by atoms with Gasteiger partial charge in [0.15, 0.2) is 0 Å². The average Bonchev–Trinajstić information content (AvgIpc) is 2.39. The Balaban J connectivity index is 2.30. The van der Waals surface area contributed by atoms with E-state index in [1.54, 1.807) is 31.8 Å². The number of methoxy groups -OCH3 is 1. The van der Waals surface area contributed by atoms with E-state index in [0.717, 1.165) is 0 Å². The average molecular weight is 217 g/mol. The summed E-state index contributed by atoms with van der Waals surface area (Å²) in [5.74, 6) is 0.598. The fourth-order valence-electron chi connectivity index (χ4n) is 1.32. The number of nitrogens with zero attached hydrogens (tertiary/aromatic N) is 3. The molecule has 0 amide bonds. The van der Waals surface area contributed by atoms with Gasteiger partial charge in [-0.2, -0.15) is 0 Å². The van der Waals surface area contributed by atoms with E-state index in [4.69, 9.17) is 4.74 Å². The molecule has 5 heteroatoms. The Hall–Kier alpha value is -2.01. The summed E-state index contributed by atoms with van der Waals surface area (Å²) >= 11 is 0. The van der Waals surface area contributed by atoms with E-state index in [-0.39, 0.29) is 0 Å². The summed E-state index contributed by atoms with van der Waals surface area (Å²) in [6, 6.07) is 1.71. The normalized spacial score (nSPS) is 12.1. The SMILES string of the molecule is COc1cncc(C(O)c2cnccn2)c1. The van der Waals surface area contributed by atoms with Crippen LogP contribution in [0.25, 0.3) is 0 Å². The minimum atomic E-state index is -0.837. The van der Waals surface area contributed by atoms with Gasteiger partial charge >= 0.3 is 0 Å². The fraction of sp³-hybridized carbons (Fsp3) is 0.182. The van der Waals surface area contributed by atoms with Crippen molar-refractivity contribution in [2.75, 3.05) is 7.11 Å². The molecular weight excluding hydrogens is 206 g/mol. The number of ether oxygens (including phenoxy) is 1. The highest BCUT2D eigenvalue weighted by Gasteiger charge is 2.12. The quantitative estimate of drug-likeness (QED) is 0.829. The van der Waals surface area contributed by atoms with E-state index in [0.29, 0.717) is 17.0 Å². The lowest BCUT2D eigenvalue weighted by atomic mass is 10.1. The number of rotatable bonds is 3. The minimum Gasteiger partial charge on any atom is -0.495 e. The summed E-state index contributed by atoms with van der Waals surface area (Å²) < 4.78 is 5.03. The van der Waals surface area contributed by atoms with Crippen molar-refractivity contribution in [3.05, 3.63) is 48.3 Å². The molecular formula is C11H11N3O2.